The molecule has 0 spiro atoms. The molecule has 38 heavy (non-hydrogen) atoms. The summed E-state index contributed by atoms with van der Waals surface area (Å²) in [6.07, 6.45) is 6.79. The van der Waals surface area contributed by atoms with Crippen molar-refractivity contribution in [3.05, 3.63) is 47.4 Å². The lowest BCUT2D eigenvalue weighted by Crippen LogP contribution is -2.36. The van der Waals surface area contributed by atoms with Gasteiger partial charge in [0.05, 0.1) is 12.2 Å². The summed E-state index contributed by atoms with van der Waals surface area (Å²) < 4.78 is 34.6. The second-order valence-corrected chi connectivity index (χ2v) is 12.3. The molecule has 4 aliphatic rings. The number of hydrogen-bond acceptors (Lipinski definition) is 8. The van der Waals surface area contributed by atoms with Gasteiger partial charge < -0.3 is 19.3 Å². The van der Waals surface area contributed by atoms with Gasteiger partial charge in [-0.15, -0.1) is 0 Å². The van der Waals surface area contributed by atoms with Crippen molar-refractivity contribution in [1.82, 2.24) is 19.8 Å². The van der Waals surface area contributed by atoms with Crippen molar-refractivity contribution in [2.24, 2.45) is 17.0 Å². The van der Waals surface area contributed by atoms with Gasteiger partial charge in [0, 0.05) is 62.6 Å². The van der Waals surface area contributed by atoms with Crippen molar-refractivity contribution in [3.63, 3.8) is 0 Å². The first kappa shape index (κ1) is 25.2. The van der Waals surface area contributed by atoms with E-state index in [2.05, 4.69) is 9.97 Å². The van der Waals surface area contributed by atoms with Crippen LogP contribution in [0, 0.1) is 11.8 Å². The lowest BCUT2D eigenvalue weighted by atomic mass is 10.0. The summed E-state index contributed by atoms with van der Waals surface area (Å²) in [5.74, 6) is 1.07. The number of amides is 2. The first-order chi connectivity index (χ1) is 18.3. The molecule has 2 aromatic rings. The lowest BCUT2D eigenvalue weighted by Gasteiger charge is -2.24. The first-order valence-electron chi connectivity index (χ1n) is 13.1. The van der Waals surface area contributed by atoms with Crippen LogP contribution in [-0.2, 0) is 14.8 Å². The van der Waals surface area contributed by atoms with E-state index in [-0.39, 0.29) is 40.3 Å². The number of aromatic nitrogens is 2. The highest BCUT2D eigenvalue weighted by molar-refractivity contribution is 7.89. The molecule has 5 heterocycles. The van der Waals surface area contributed by atoms with Crippen LogP contribution in [0.3, 0.4) is 0 Å². The van der Waals surface area contributed by atoms with E-state index in [9.17, 15) is 18.0 Å². The fourth-order valence-corrected chi connectivity index (χ4v) is 6.14. The third-order valence-electron chi connectivity index (χ3n) is 7.88. The molecule has 6 rings (SSSR count). The Morgan fingerprint density at radius 3 is 2.26 bits per heavy atom. The Bertz CT molecular complexity index is 1330. The predicted molar refractivity (Wildman–Crippen MR) is 135 cm³/mol. The number of nitrogens with two attached hydrogens (primary N) is 1. The van der Waals surface area contributed by atoms with Gasteiger partial charge in [-0.1, -0.05) is 0 Å². The van der Waals surface area contributed by atoms with Crippen molar-refractivity contribution < 1.29 is 27.5 Å². The summed E-state index contributed by atoms with van der Waals surface area (Å²) in [6.45, 7) is 3.52. The summed E-state index contributed by atoms with van der Waals surface area (Å²) >= 11 is 0. The fourth-order valence-electron chi connectivity index (χ4n) is 5.68. The second-order valence-electron chi connectivity index (χ2n) is 10.7. The van der Waals surface area contributed by atoms with E-state index in [1.807, 2.05) is 11.0 Å². The average molecular weight is 542 g/mol. The maximum Gasteiger partial charge on any atom is 0.272 e. The summed E-state index contributed by atoms with van der Waals surface area (Å²) in [5.41, 5.74) is 1.76. The SMILES string of the molecule is NS(=O)(=O)c1ccc(C(=O)N2C[C@@H]3CN(C(=O)c4cnc(OC5CCCOC5)c(C5CC5)c4)C[C@H]3C2)nc1. The Kier molecular flexibility index (Phi) is 6.57. The van der Waals surface area contributed by atoms with E-state index in [1.54, 1.807) is 11.1 Å². The molecule has 0 aromatic carbocycles. The number of pyridine rings is 2. The minimum Gasteiger partial charge on any atom is -0.472 e. The number of sulfonamides is 1. The molecular formula is C26H31N5O6S. The number of likely N-dealkylation sites (tertiary alicyclic amines) is 2. The van der Waals surface area contributed by atoms with Crippen molar-refractivity contribution in [2.45, 2.75) is 42.6 Å². The molecule has 0 bridgehead atoms. The Morgan fingerprint density at radius 2 is 1.68 bits per heavy atom. The smallest absolute Gasteiger partial charge is 0.272 e. The molecule has 2 N–H and O–H groups in total. The molecule has 2 amide bonds. The summed E-state index contributed by atoms with van der Waals surface area (Å²) in [7, 11) is -3.87. The molecule has 0 radical (unpaired) electrons. The van der Waals surface area contributed by atoms with Crippen LogP contribution in [0.5, 0.6) is 5.88 Å². The lowest BCUT2D eigenvalue weighted by molar-refractivity contribution is 0.00505. The zero-order valence-electron chi connectivity index (χ0n) is 21.0. The minimum absolute atomic E-state index is 0.000696. The van der Waals surface area contributed by atoms with E-state index in [0.29, 0.717) is 50.1 Å². The number of fused-ring (bicyclic) bond motifs is 1. The van der Waals surface area contributed by atoms with E-state index in [1.165, 1.54) is 12.1 Å². The van der Waals surface area contributed by atoms with Gasteiger partial charge in [0.15, 0.2) is 0 Å². The average Bonchev–Trinajstić information content (AvgIpc) is 3.57. The zero-order chi connectivity index (χ0) is 26.4. The van der Waals surface area contributed by atoms with Crippen LogP contribution in [0.25, 0.3) is 0 Å². The van der Waals surface area contributed by atoms with Gasteiger partial charge in [0.25, 0.3) is 11.8 Å². The fraction of sp³-hybridized carbons (Fsp3) is 0.538. The van der Waals surface area contributed by atoms with Gasteiger partial charge in [0.2, 0.25) is 15.9 Å². The van der Waals surface area contributed by atoms with E-state index in [0.717, 1.165) is 44.1 Å². The van der Waals surface area contributed by atoms with Gasteiger partial charge in [-0.3, -0.25) is 9.59 Å². The Balaban J connectivity index is 1.09. The molecule has 1 unspecified atom stereocenters. The Morgan fingerprint density at radius 1 is 0.974 bits per heavy atom. The number of carbonyl (C=O) groups is 2. The maximum absolute atomic E-state index is 13.4. The van der Waals surface area contributed by atoms with Crippen molar-refractivity contribution in [1.29, 1.82) is 0 Å². The van der Waals surface area contributed by atoms with Crippen LogP contribution in [0.15, 0.2) is 35.5 Å². The number of nitrogens with zero attached hydrogens (tertiary/aromatic N) is 4. The third kappa shape index (κ3) is 5.12. The molecule has 11 nitrogen and oxygen atoms in total. The molecule has 12 heteroatoms. The molecular weight excluding hydrogens is 510 g/mol. The van der Waals surface area contributed by atoms with Crippen LogP contribution >= 0.6 is 0 Å². The number of primary sulfonamides is 1. The number of ether oxygens (including phenoxy) is 2. The summed E-state index contributed by atoms with van der Waals surface area (Å²) in [6, 6.07) is 4.62. The van der Waals surface area contributed by atoms with Gasteiger partial charge in [0.1, 0.15) is 16.7 Å². The Labute approximate surface area is 221 Å². The van der Waals surface area contributed by atoms with Crippen LogP contribution in [0.1, 0.15) is 58.0 Å². The molecule has 1 saturated carbocycles. The van der Waals surface area contributed by atoms with Crippen LogP contribution < -0.4 is 9.88 Å². The van der Waals surface area contributed by atoms with Crippen molar-refractivity contribution in [3.8, 4) is 5.88 Å². The summed E-state index contributed by atoms with van der Waals surface area (Å²) in [4.78, 5) is 38.3. The molecule has 3 aliphatic heterocycles. The highest BCUT2D eigenvalue weighted by Gasteiger charge is 2.43. The van der Waals surface area contributed by atoms with Gasteiger partial charge >= 0.3 is 0 Å². The maximum atomic E-state index is 13.4. The largest absolute Gasteiger partial charge is 0.472 e. The molecule has 202 valence electrons. The van der Waals surface area contributed by atoms with Gasteiger partial charge in [-0.25, -0.2) is 23.5 Å². The summed E-state index contributed by atoms with van der Waals surface area (Å²) in [5, 5.41) is 5.11. The minimum atomic E-state index is -3.87. The molecule has 3 saturated heterocycles. The normalized spacial score (nSPS) is 25.3. The molecule has 1 aliphatic carbocycles. The van der Waals surface area contributed by atoms with Gasteiger partial charge in [-0.2, -0.15) is 0 Å². The quantitative estimate of drug-likeness (QED) is 0.578. The predicted octanol–water partition coefficient (Wildman–Crippen LogP) is 1.40. The monoisotopic (exact) mass is 541 g/mol. The van der Waals surface area contributed by atoms with E-state index >= 15 is 0 Å². The van der Waals surface area contributed by atoms with E-state index in [4.69, 9.17) is 14.6 Å². The number of rotatable bonds is 6. The van der Waals surface area contributed by atoms with Gasteiger partial charge in [-0.05, 0) is 49.8 Å². The van der Waals surface area contributed by atoms with Crippen LogP contribution in [0.4, 0.5) is 0 Å². The third-order valence-corrected chi connectivity index (χ3v) is 8.78. The molecule has 3 atom stereocenters. The highest BCUT2D eigenvalue weighted by atomic mass is 32.2. The van der Waals surface area contributed by atoms with E-state index < -0.39 is 10.0 Å². The Hall–Kier alpha value is -3.09. The van der Waals surface area contributed by atoms with Crippen molar-refractivity contribution >= 4 is 21.8 Å². The van der Waals surface area contributed by atoms with Crippen LogP contribution in [0.2, 0.25) is 0 Å². The molecule has 2 aromatic heterocycles. The standard InChI is InChI=1S/C26H31N5O6S/c27-38(34,35)21-5-6-23(28-10-21)26(33)31-13-18-11-30(12-19(18)14-31)25(32)17-8-22(16-3-4-16)24(29-9-17)37-20-2-1-7-36-15-20/h5-6,8-10,16,18-20H,1-4,7,11-15H2,(H2,27,34,35)/t18-,19-,20?/m0/s1. The number of carbonyl (C=O) groups excluding carboxylic acids is 2. The van der Waals surface area contributed by atoms with Crippen molar-refractivity contribution in [2.75, 3.05) is 39.4 Å². The highest BCUT2D eigenvalue weighted by Crippen LogP contribution is 2.44. The second kappa shape index (κ2) is 9.90. The van der Waals surface area contributed by atoms with Crippen LogP contribution in [-0.4, -0.2) is 85.5 Å². The zero-order valence-corrected chi connectivity index (χ0v) is 21.8. The topological polar surface area (TPSA) is 145 Å². The molecule has 4 fully saturated rings. The number of hydrogen-bond donors (Lipinski definition) is 1. The first-order valence-corrected chi connectivity index (χ1v) is 14.6.